The van der Waals surface area contributed by atoms with E-state index in [2.05, 4.69) is 6.07 Å². The van der Waals surface area contributed by atoms with Crippen LogP contribution in [-0.2, 0) is 10.0 Å². The van der Waals surface area contributed by atoms with Gasteiger partial charge in [-0.05, 0) is 43.9 Å². The van der Waals surface area contributed by atoms with Crippen LogP contribution in [0.15, 0.2) is 18.2 Å². The fourth-order valence-electron chi connectivity index (χ4n) is 3.17. The van der Waals surface area contributed by atoms with E-state index in [0.717, 1.165) is 6.42 Å². The first-order chi connectivity index (χ1) is 11.3. The number of carbonyl (C=O) groups is 1. The lowest BCUT2D eigenvalue weighted by molar-refractivity contribution is 0.0498. The number of sulfonamides is 1. The minimum atomic E-state index is -3.29. The lowest BCUT2D eigenvalue weighted by Crippen LogP contribution is -2.53. The number of benzene rings is 1. The van der Waals surface area contributed by atoms with Crippen molar-refractivity contribution in [3.63, 3.8) is 0 Å². The van der Waals surface area contributed by atoms with Crippen molar-refractivity contribution in [2.45, 2.75) is 31.2 Å². The van der Waals surface area contributed by atoms with Crippen LogP contribution in [0.25, 0.3) is 0 Å². The molecule has 1 saturated heterocycles. The van der Waals surface area contributed by atoms with Gasteiger partial charge in [0.1, 0.15) is 5.54 Å². The Kier molecular flexibility index (Phi) is 4.22. The smallest absolute Gasteiger partial charge is 0.256 e. The second-order valence-electron chi connectivity index (χ2n) is 6.27. The number of carbonyl (C=O) groups excluding carboxylic acids is 1. The summed E-state index contributed by atoms with van der Waals surface area (Å²) in [6.07, 6.45) is 2.82. The summed E-state index contributed by atoms with van der Waals surface area (Å²) in [6, 6.07) is 6.86. The molecule has 2 aliphatic rings. The van der Waals surface area contributed by atoms with E-state index in [1.807, 2.05) is 0 Å². The van der Waals surface area contributed by atoms with Gasteiger partial charge in [0.05, 0.1) is 28.1 Å². The lowest BCUT2D eigenvalue weighted by Gasteiger charge is -2.43. The standard InChI is InChI=1S/C16H18ClN3O3S/c1-19(16(11-18)6-2-7-16)15(21)13-5-4-12(10-14(13)17)20-8-3-9-24(20,22)23/h4-5,10H,2-3,6-9H2,1H3. The quantitative estimate of drug-likeness (QED) is 0.821. The number of nitriles is 1. The third kappa shape index (κ3) is 2.64. The first-order valence-electron chi connectivity index (χ1n) is 7.80. The van der Waals surface area contributed by atoms with Gasteiger partial charge in [-0.1, -0.05) is 11.6 Å². The summed E-state index contributed by atoms with van der Waals surface area (Å²) < 4.78 is 25.3. The minimum Gasteiger partial charge on any atom is -0.323 e. The predicted molar refractivity (Wildman–Crippen MR) is 91.5 cm³/mol. The molecule has 0 atom stereocenters. The monoisotopic (exact) mass is 367 g/mol. The van der Waals surface area contributed by atoms with Crippen LogP contribution in [0.5, 0.6) is 0 Å². The maximum Gasteiger partial charge on any atom is 0.256 e. The summed E-state index contributed by atoms with van der Waals surface area (Å²) in [5.74, 6) is -0.198. The van der Waals surface area contributed by atoms with Crippen molar-refractivity contribution < 1.29 is 13.2 Å². The van der Waals surface area contributed by atoms with Crippen molar-refractivity contribution in [1.82, 2.24) is 4.90 Å². The van der Waals surface area contributed by atoms with Crippen molar-refractivity contribution in [3.05, 3.63) is 28.8 Å². The Morgan fingerprint density at radius 1 is 1.38 bits per heavy atom. The average Bonchev–Trinajstić information content (AvgIpc) is 2.85. The van der Waals surface area contributed by atoms with E-state index in [0.29, 0.717) is 31.5 Å². The summed E-state index contributed by atoms with van der Waals surface area (Å²) in [5.41, 5.74) is -0.00596. The van der Waals surface area contributed by atoms with Crippen LogP contribution in [-0.4, -0.2) is 44.1 Å². The Bertz CT molecular complexity index is 827. The van der Waals surface area contributed by atoms with Crippen LogP contribution in [0.1, 0.15) is 36.0 Å². The number of anilines is 1. The van der Waals surface area contributed by atoms with E-state index in [1.165, 1.54) is 21.3 Å². The van der Waals surface area contributed by atoms with Gasteiger partial charge in [0.15, 0.2) is 0 Å². The third-order valence-corrected chi connectivity index (χ3v) is 7.09. The van der Waals surface area contributed by atoms with Crippen molar-refractivity contribution in [2.75, 3.05) is 23.7 Å². The maximum atomic E-state index is 12.7. The SMILES string of the molecule is CN(C(=O)c1ccc(N2CCCS2(=O)=O)cc1Cl)C1(C#N)CCC1. The van der Waals surface area contributed by atoms with Gasteiger partial charge in [0, 0.05) is 13.6 Å². The Hall–Kier alpha value is -1.78. The van der Waals surface area contributed by atoms with Gasteiger partial charge in [0.2, 0.25) is 10.0 Å². The molecular weight excluding hydrogens is 350 g/mol. The zero-order valence-electron chi connectivity index (χ0n) is 13.3. The lowest BCUT2D eigenvalue weighted by atomic mass is 9.76. The van der Waals surface area contributed by atoms with Crippen LogP contribution in [0.3, 0.4) is 0 Å². The third-order valence-electron chi connectivity index (χ3n) is 4.91. The van der Waals surface area contributed by atoms with Crippen LogP contribution >= 0.6 is 11.6 Å². The van der Waals surface area contributed by atoms with Crippen LogP contribution in [0, 0.1) is 11.3 Å². The highest BCUT2D eigenvalue weighted by atomic mass is 35.5. The number of rotatable bonds is 3. The van der Waals surface area contributed by atoms with Crippen molar-refractivity contribution >= 4 is 33.2 Å². The number of nitrogens with zero attached hydrogens (tertiary/aromatic N) is 3. The molecule has 0 spiro atoms. The molecule has 8 heteroatoms. The highest BCUT2D eigenvalue weighted by Gasteiger charge is 2.44. The zero-order chi connectivity index (χ0) is 17.5. The van der Waals surface area contributed by atoms with Crippen molar-refractivity contribution in [1.29, 1.82) is 5.26 Å². The highest BCUT2D eigenvalue weighted by Crippen LogP contribution is 2.38. The van der Waals surface area contributed by atoms with Gasteiger partial charge in [-0.25, -0.2) is 8.42 Å². The van der Waals surface area contributed by atoms with Gasteiger partial charge < -0.3 is 4.90 Å². The molecule has 128 valence electrons. The van der Waals surface area contributed by atoms with Gasteiger partial charge in [-0.3, -0.25) is 9.10 Å². The van der Waals surface area contributed by atoms with Gasteiger partial charge >= 0.3 is 0 Å². The fourth-order valence-corrected chi connectivity index (χ4v) is 4.98. The molecule has 24 heavy (non-hydrogen) atoms. The summed E-state index contributed by atoms with van der Waals surface area (Å²) in [4.78, 5) is 14.1. The largest absolute Gasteiger partial charge is 0.323 e. The molecule has 0 bridgehead atoms. The molecule has 6 nitrogen and oxygen atoms in total. The second-order valence-corrected chi connectivity index (χ2v) is 8.69. The number of hydrogen-bond donors (Lipinski definition) is 0. The molecule has 0 radical (unpaired) electrons. The highest BCUT2D eigenvalue weighted by molar-refractivity contribution is 7.93. The van der Waals surface area contributed by atoms with Gasteiger partial charge in [0.25, 0.3) is 5.91 Å². The summed E-state index contributed by atoms with van der Waals surface area (Å²) in [6.45, 7) is 0.420. The van der Waals surface area contributed by atoms with Gasteiger partial charge in [-0.15, -0.1) is 0 Å². The van der Waals surface area contributed by atoms with E-state index >= 15 is 0 Å². The predicted octanol–water partition coefficient (Wildman–Crippen LogP) is 2.40. The van der Waals surface area contributed by atoms with Gasteiger partial charge in [-0.2, -0.15) is 5.26 Å². The van der Waals surface area contributed by atoms with Crippen LogP contribution < -0.4 is 4.31 Å². The average molecular weight is 368 g/mol. The Labute approximate surface area is 146 Å². The number of halogens is 1. The minimum absolute atomic E-state index is 0.124. The van der Waals surface area contributed by atoms with E-state index in [9.17, 15) is 18.5 Å². The van der Waals surface area contributed by atoms with E-state index in [1.54, 1.807) is 13.1 Å². The number of amides is 1. The van der Waals surface area contributed by atoms with Crippen molar-refractivity contribution in [2.24, 2.45) is 0 Å². The topological polar surface area (TPSA) is 81.5 Å². The first-order valence-corrected chi connectivity index (χ1v) is 9.79. The molecule has 2 fully saturated rings. The maximum absolute atomic E-state index is 12.7. The molecule has 0 unspecified atom stereocenters. The van der Waals surface area contributed by atoms with E-state index in [-0.39, 0.29) is 22.2 Å². The van der Waals surface area contributed by atoms with Crippen molar-refractivity contribution in [3.8, 4) is 6.07 Å². The normalized spacial score (nSPS) is 21.0. The summed E-state index contributed by atoms with van der Waals surface area (Å²) in [7, 11) is -1.68. The van der Waals surface area contributed by atoms with E-state index in [4.69, 9.17) is 11.6 Å². The molecule has 1 aromatic carbocycles. The Morgan fingerprint density at radius 2 is 2.08 bits per heavy atom. The molecule has 1 aliphatic carbocycles. The number of hydrogen-bond acceptors (Lipinski definition) is 4. The summed E-state index contributed by atoms with van der Waals surface area (Å²) >= 11 is 6.24. The molecule has 0 N–H and O–H groups in total. The Balaban J connectivity index is 1.88. The molecule has 1 aromatic rings. The molecule has 1 amide bonds. The molecule has 1 saturated carbocycles. The van der Waals surface area contributed by atoms with E-state index < -0.39 is 15.6 Å². The van der Waals surface area contributed by atoms with Crippen LogP contribution in [0.4, 0.5) is 5.69 Å². The Morgan fingerprint density at radius 3 is 2.54 bits per heavy atom. The second kappa shape index (κ2) is 5.94. The molecule has 1 heterocycles. The molecule has 3 rings (SSSR count). The zero-order valence-corrected chi connectivity index (χ0v) is 14.9. The molecule has 0 aromatic heterocycles. The summed E-state index contributed by atoms with van der Waals surface area (Å²) in [5, 5.41) is 9.56. The molecule has 1 aliphatic heterocycles. The fraction of sp³-hybridized carbons (Fsp3) is 0.500. The van der Waals surface area contributed by atoms with Crippen LogP contribution in [0.2, 0.25) is 5.02 Å². The first kappa shape index (κ1) is 17.1. The molecular formula is C16H18ClN3O3S.